The SMILES string of the molecule is CNCC(=O)NCCCNC(=O)C[N+](C)(C)CC(O)CC(C)(C)C. The number of rotatable bonds is 11. The molecular formula is C17H37N4O3+. The Morgan fingerprint density at radius 3 is 2.12 bits per heavy atom. The third kappa shape index (κ3) is 13.3. The quantitative estimate of drug-likeness (QED) is 0.306. The Balaban J connectivity index is 3.97. The Hall–Kier alpha value is -1.18. The number of likely N-dealkylation sites (N-methyl/N-ethyl adjacent to an activating group) is 2. The molecule has 0 aromatic rings. The molecule has 0 saturated heterocycles. The van der Waals surface area contributed by atoms with Crippen LogP contribution in [0.15, 0.2) is 0 Å². The van der Waals surface area contributed by atoms with Gasteiger partial charge in [0.15, 0.2) is 6.54 Å². The van der Waals surface area contributed by atoms with E-state index in [0.717, 1.165) is 0 Å². The number of hydrogen-bond acceptors (Lipinski definition) is 4. The minimum absolute atomic E-state index is 0.0375. The van der Waals surface area contributed by atoms with Crippen molar-refractivity contribution in [3.63, 3.8) is 0 Å². The first-order valence-electron chi connectivity index (χ1n) is 8.63. The molecule has 0 fully saturated rings. The predicted molar refractivity (Wildman–Crippen MR) is 96.5 cm³/mol. The standard InChI is InChI=1S/C17H36N4O3/c1-17(2,3)10-14(22)12-21(5,6)13-16(24)20-9-7-8-19-15(23)11-18-4/h14,18,22H,7-13H2,1-6H3,(H-,19,20,23,24)/p+1. The van der Waals surface area contributed by atoms with Gasteiger partial charge in [-0.2, -0.15) is 0 Å². The van der Waals surface area contributed by atoms with Gasteiger partial charge in [0.05, 0.1) is 20.6 Å². The maximum Gasteiger partial charge on any atom is 0.275 e. The molecular weight excluding hydrogens is 308 g/mol. The molecule has 0 heterocycles. The van der Waals surface area contributed by atoms with Gasteiger partial charge >= 0.3 is 0 Å². The van der Waals surface area contributed by atoms with Crippen LogP contribution in [0.4, 0.5) is 0 Å². The van der Waals surface area contributed by atoms with E-state index in [9.17, 15) is 14.7 Å². The minimum atomic E-state index is -0.421. The van der Waals surface area contributed by atoms with E-state index in [4.69, 9.17) is 0 Å². The smallest absolute Gasteiger partial charge is 0.275 e. The lowest BCUT2D eigenvalue weighted by Crippen LogP contribution is -2.51. The number of carbonyl (C=O) groups excluding carboxylic acids is 2. The lowest BCUT2D eigenvalue weighted by Gasteiger charge is -2.33. The molecule has 0 aliphatic carbocycles. The van der Waals surface area contributed by atoms with Gasteiger partial charge in [-0.25, -0.2) is 0 Å². The molecule has 1 atom stereocenters. The van der Waals surface area contributed by atoms with Crippen molar-refractivity contribution in [2.75, 3.05) is 53.9 Å². The van der Waals surface area contributed by atoms with Crippen LogP contribution >= 0.6 is 0 Å². The summed E-state index contributed by atoms with van der Waals surface area (Å²) in [5, 5.41) is 18.6. The van der Waals surface area contributed by atoms with Crippen LogP contribution in [0.1, 0.15) is 33.6 Å². The first-order chi connectivity index (χ1) is 10.9. The normalized spacial score (nSPS) is 13.5. The number of nitrogens with zero attached hydrogens (tertiary/aromatic N) is 1. The molecule has 0 rings (SSSR count). The predicted octanol–water partition coefficient (Wildman–Crippen LogP) is -0.298. The zero-order valence-corrected chi connectivity index (χ0v) is 16.2. The second-order valence-electron chi connectivity index (χ2n) is 8.28. The second kappa shape index (κ2) is 10.6. The second-order valence-corrected chi connectivity index (χ2v) is 8.28. The van der Waals surface area contributed by atoms with Crippen LogP contribution in [0.2, 0.25) is 0 Å². The fraction of sp³-hybridized carbons (Fsp3) is 0.882. The van der Waals surface area contributed by atoms with Gasteiger partial charge in [-0.1, -0.05) is 20.8 Å². The summed E-state index contributed by atoms with van der Waals surface area (Å²) < 4.78 is 0.446. The van der Waals surface area contributed by atoms with Crippen LogP contribution in [0.25, 0.3) is 0 Å². The number of quaternary nitrogens is 1. The lowest BCUT2D eigenvalue weighted by atomic mass is 9.89. The van der Waals surface area contributed by atoms with Crippen molar-refractivity contribution in [1.82, 2.24) is 16.0 Å². The van der Waals surface area contributed by atoms with Gasteiger partial charge in [0.2, 0.25) is 5.91 Å². The van der Waals surface area contributed by atoms with Gasteiger partial charge in [0.1, 0.15) is 12.6 Å². The zero-order chi connectivity index (χ0) is 18.8. The van der Waals surface area contributed by atoms with Crippen LogP contribution in [0.3, 0.4) is 0 Å². The van der Waals surface area contributed by atoms with Crippen LogP contribution in [0.5, 0.6) is 0 Å². The third-order valence-corrected chi connectivity index (χ3v) is 3.46. The Kier molecular flexibility index (Phi) is 10.1. The molecule has 7 heteroatoms. The van der Waals surface area contributed by atoms with Gasteiger partial charge in [0, 0.05) is 13.1 Å². The van der Waals surface area contributed by atoms with E-state index in [-0.39, 0.29) is 17.2 Å². The average molecular weight is 346 g/mol. The molecule has 0 aliphatic heterocycles. The molecule has 24 heavy (non-hydrogen) atoms. The van der Waals surface area contributed by atoms with Crippen molar-refractivity contribution < 1.29 is 19.2 Å². The van der Waals surface area contributed by atoms with E-state index in [0.29, 0.717) is 50.0 Å². The molecule has 142 valence electrons. The highest BCUT2D eigenvalue weighted by Crippen LogP contribution is 2.21. The highest BCUT2D eigenvalue weighted by molar-refractivity contribution is 5.78. The molecule has 7 nitrogen and oxygen atoms in total. The van der Waals surface area contributed by atoms with E-state index >= 15 is 0 Å². The van der Waals surface area contributed by atoms with Crippen molar-refractivity contribution in [3.05, 3.63) is 0 Å². The molecule has 1 unspecified atom stereocenters. The molecule has 0 aliphatic rings. The van der Waals surface area contributed by atoms with Gasteiger partial charge < -0.3 is 25.5 Å². The summed E-state index contributed by atoms with van der Waals surface area (Å²) >= 11 is 0. The Bertz CT molecular complexity index is 392. The van der Waals surface area contributed by atoms with Gasteiger partial charge in [-0.05, 0) is 25.3 Å². The van der Waals surface area contributed by atoms with Crippen LogP contribution in [-0.2, 0) is 9.59 Å². The summed E-state index contributed by atoms with van der Waals surface area (Å²) in [6.45, 7) is 8.54. The summed E-state index contributed by atoms with van der Waals surface area (Å²) in [4.78, 5) is 23.3. The van der Waals surface area contributed by atoms with E-state index < -0.39 is 6.10 Å². The maximum atomic E-state index is 12.0. The molecule has 0 radical (unpaired) electrons. The zero-order valence-electron chi connectivity index (χ0n) is 16.2. The third-order valence-electron chi connectivity index (χ3n) is 3.46. The van der Waals surface area contributed by atoms with Crippen molar-refractivity contribution >= 4 is 11.8 Å². The first-order valence-corrected chi connectivity index (χ1v) is 8.63. The average Bonchev–Trinajstić information content (AvgIpc) is 2.34. The first kappa shape index (κ1) is 22.8. The van der Waals surface area contributed by atoms with E-state index in [1.165, 1.54) is 0 Å². The summed E-state index contributed by atoms with van der Waals surface area (Å²) in [6, 6.07) is 0. The molecule has 0 saturated carbocycles. The molecule has 0 aromatic heterocycles. The van der Waals surface area contributed by atoms with E-state index in [1.54, 1.807) is 7.05 Å². The molecule has 2 amide bonds. The number of nitrogens with one attached hydrogen (secondary N) is 3. The number of amides is 2. The summed E-state index contributed by atoms with van der Waals surface area (Å²) in [5.41, 5.74) is 0.0689. The lowest BCUT2D eigenvalue weighted by molar-refractivity contribution is -0.885. The van der Waals surface area contributed by atoms with Gasteiger partial charge in [-0.15, -0.1) is 0 Å². The number of hydrogen-bond donors (Lipinski definition) is 4. The van der Waals surface area contributed by atoms with E-state index in [1.807, 2.05) is 14.1 Å². The minimum Gasteiger partial charge on any atom is -0.387 e. The van der Waals surface area contributed by atoms with Crippen molar-refractivity contribution in [1.29, 1.82) is 0 Å². The highest BCUT2D eigenvalue weighted by atomic mass is 16.3. The van der Waals surface area contributed by atoms with E-state index in [2.05, 4.69) is 36.7 Å². The summed E-state index contributed by atoms with van der Waals surface area (Å²) in [5.74, 6) is -0.0843. The summed E-state index contributed by atoms with van der Waals surface area (Å²) in [7, 11) is 5.62. The van der Waals surface area contributed by atoms with Crippen LogP contribution < -0.4 is 16.0 Å². The van der Waals surface area contributed by atoms with Crippen molar-refractivity contribution in [3.8, 4) is 0 Å². The fourth-order valence-corrected chi connectivity index (χ4v) is 2.62. The summed E-state index contributed by atoms with van der Waals surface area (Å²) in [6.07, 6.45) is 0.986. The van der Waals surface area contributed by atoms with Crippen LogP contribution in [-0.4, -0.2) is 81.4 Å². The Morgan fingerprint density at radius 1 is 1.08 bits per heavy atom. The van der Waals surface area contributed by atoms with Crippen molar-refractivity contribution in [2.24, 2.45) is 5.41 Å². The number of aliphatic hydroxyl groups is 1. The largest absolute Gasteiger partial charge is 0.387 e. The fourth-order valence-electron chi connectivity index (χ4n) is 2.62. The highest BCUT2D eigenvalue weighted by Gasteiger charge is 2.26. The molecule has 0 aromatic carbocycles. The molecule has 4 N–H and O–H groups in total. The van der Waals surface area contributed by atoms with Crippen LogP contribution in [0, 0.1) is 5.41 Å². The molecule has 0 bridgehead atoms. The Morgan fingerprint density at radius 2 is 1.62 bits per heavy atom. The monoisotopic (exact) mass is 345 g/mol. The van der Waals surface area contributed by atoms with Gasteiger partial charge in [0.25, 0.3) is 5.91 Å². The van der Waals surface area contributed by atoms with Crippen molar-refractivity contribution in [2.45, 2.75) is 39.7 Å². The van der Waals surface area contributed by atoms with Gasteiger partial charge in [-0.3, -0.25) is 9.59 Å². The Labute approximate surface area is 146 Å². The maximum absolute atomic E-state index is 12.0. The number of aliphatic hydroxyl groups excluding tert-OH is 1. The number of carbonyl (C=O) groups is 2. The molecule has 0 spiro atoms. The topological polar surface area (TPSA) is 90.5 Å².